The van der Waals surface area contributed by atoms with Gasteiger partial charge in [-0.3, -0.25) is 4.79 Å². The molecular formula is C16H25N3O. The predicted molar refractivity (Wildman–Crippen MR) is 83.3 cm³/mol. The van der Waals surface area contributed by atoms with E-state index in [1.165, 1.54) is 6.42 Å². The quantitative estimate of drug-likeness (QED) is 0.918. The Labute approximate surface area is 121 Å². The Kier molecular flexibility index (Phi) is 4.65. The number of benzene rings is 1. The molecule has 1 aliphatic heterocycles. The lowest BCUT2D eigenvalue weighted by Crippen LogP contribution is -2.47. The molecule has 1 unspecified atom stereocenters. The molecule has 1 saturated heterocycles. The molecule has 1 atom stereocenters. The highest BCUT2D eigenvalue weighted by atomic mass is 16.2. The number of carbonyl (C=O) groups excluding carboxylic acids is 1. The largest absolute Gasteiger partial charge is 0.387 e. The molecule has 1 aliphatic rings. The number of amides is 1. The van der Waals surface area contributed by atoms with Crippen LogP contribution in [0.3, 0.4) is 0 Å². The molecule has 2 rings (SSSR count). The summed E-state index contributed by atoms with van der Waals surface area (Å²) in [6.45, 7) is 3.71. The second-order valence-corrected chi connectivity index (χ2v) is 5.81. The van der Waals surface area contributed by atoms with Gasteiger partial charge < -0.3 is 15.1 Å². The van der Waals surface area contributed by atoms with Crippen LogP contribution in [0.2, 0.25) is 0 Å². The van der Waals surface area contributed by atoms with Crippen LogP contribution in [-0.4, -0.2) is 56.0 Å². The average Bonchev–Trinajstić information content (AvgIpc) is 2.46. The molecule has 1 aromatic carbocycles. The number of likely N-dealkylation sites (N-methyl/N-ethyl adjacent to an activating group) is 1. The molecular weight excluding hydrogens is 250 g/mol. The summed E-state index contributed by atoms with van der Waals surface area (Å²) in [6, 6.07) is 6.46. The first kappa shape index (κ1) is 14.9. The lowest BCUT2D eigenvalue weighted by Gasteiger charge is -2.36. The van der Waals surface area contributed by atoms with Crippen LogP contribution in [0, 0.1) is 6.92 Å². The maximum atomic E-state index is 12.8. The van der Waals surface area contributed by atoms with Gasteiger partial charge >= 0.3 is 0 Å². The minimum absolute atomic E-state index is 0.143. The lowest BCUT2D eigenvalue weighted by molar-refractivity contribution is 0.0636. The van der Waals surface area contributed by atoms with E-state index in [1.807, 2.05) is 37.1 Å². The highest BCUT2D eigenvalue weighted by molar-refractivity contribution is 5.99. The van der Waals surface area contributed by atoms with Crippen molar-refractivity contribution in [1.82, 2.24) is 9.80 Å². The van der Waals surface area contributed by atoms with Gasteiger partial charge in [0.05, 0.1) is 5.56 Å². The summed E-state index contributed by atoms with van der Waals surface area (Å²) in [4.78, 5) is 17.0. The van der Waals surface area contributed by atoms with Gasteiger partial charge in [-0.2, -0.15) is 0 Å². The van der Waals surface area contributed by atoms with Crippen molar-refractivity contribution in [1.29, 1.82) is 0 Å². The Morgan fingerprint density at radius 3 is 2.80 bits per heavy atom. The van der Waals surface area contributed by atoms with Crippen LogP contribution in [-0.2, 0) is 0 Å². The summed E-state index contributed by atoms with van der Waals surface area (Å²) in [5, 5.41) is 3.12. The van der Waals surface area contributed by atoms with Gasteiger partial charge in [0, 0.05) is 31.9 Å². The summed E-state index contributed by atoms with van der Waals surface area (Å²) in [7, 11) is 6.04. The van der Waals surface area contributed by atoms with Gasteiger partial charge in [-0.15, -0.1) is 0 Å². The number of rotatable bonds is 3. The molecule has 0 saturated carbocycles. The van der Waals surface area contributed by atoms with Gasteiger partial charge in [0.15, 0.2) is 0 Å². The predicted octanol–water partition coefficient (Wildman–Crippen LogP) is 2.20. The first-order chi connectivity index (χ1) is 9.52. The number of aryl methyl sites for hydroxylation is 1. The Morgan fingerprint density at radius 2 is 2.15 bits per heavy atom. The van der Waals surface area contributed by atoms with E-state index in [4.69, 9.17) is 0 Å². The van der Waals surface area contributed by atoms with Gasteiger partial charge in [0.1, 0.15) is 0 Å². The van der Waals surface area contributed by atoms with Crippen LogP contribution in [0.25, 0.3) is 0 Å². The van der Waals surface area contributed by atoms with Crippen LogP contribution in [0.1, 0.15) is 28.8 Å². The number of anilines is 1. The number of nitrogens with zero attached hydrogens (tertiary/aromatic N) is 2. The fraction of sp³-hybridized carbons (Fsp3) is 0.562. The maximum Gasteiger partial charge on any atom is 0.256 e. The molecule has 1 N–H and O–H groups in total. The van der Waals surface area contributed by atoms with Crippen molar-refractivity contribution >= 4 is 11.6 Å². The molecule has 4 nitrogen and oxygen atoms in total. The second kappa shape index (κ2) is 6.27. The minimum atomic E-state index is 0.143. The van der Waals surface area contributed by atoms with Gasteiger partial charge in [-0.25, -0.2) is 0 Å². The standard InChI is InChI=1S/C16H25N3O/c1-12-7-8-15(17-2)14(10-12)16(20)19-9-5-6-13(11-19)18(3)4/h7-8,10,13,17H,5-6,9,11H2,1-4H3. The van der Waals surface area contributed by atoms with Gasteiger partial charge in [-0.1, -0.05) is 11.6 Å². The second-order valence-electron chi connectivity index (χ2n) is 5.81. The molecule has 1 amide bonds. The molecule has 0 aromatic heterocycles. The molecule has 1 heterocycles. The van der Waals surface area contributed by atoms with Crippen LogP contribution in [0.4, 0.5) is 5.69 Å². The third-order valence-corrected chi connectivity index (χ3v) is 4.09. The van der Waals surface area contributed by atoms with Crippen molar-refractivity contribution in [3.63, 3.8) is 0 Å². The third kappa shape index (κ3) is 3.12. The summed E-state index contributed by atoms with van der Waals surface area (Å²) >= 11 is 0. The molecule has 0 radical (unpaired) electrons. The molecule has 0 bridgehead atoms. The van der Waals surface area contributed by atoms with Gasteiger partial charge in [0.25, 0.3) is 5.91 Å². The van der Waals surface area contributed by atoms with E-state index in [-0.39, 0.29) is 5.91 Å². The molecule has 1 fully saturated rings. The smallest absolute Gasteiger partial charge is 0.256 e. The van der Waals surface area contributed by atoms with E-state index in [0.29, 0.717) is 6.04 Å². The average molecular weight is 275 g/mol. The summed E-state index contributed by atoms with van der Waals surface area (Å²) < 4.78 is 0. The highest BCUT2D eigenvalue weighted by Gasteiger charge is 2.26. The molecule has 1 aromatic rings. The Hall–Kier alpha value is -1.55. The minimum Gasteiger partial charge on any atom is -0.387 e. The van der Waals surface area contributed by atoms with Crippen LogP contribution in [0.5, 0.6) is 0 Å². The fourth-order valence-corrected chi connectivity index (χ4v) is 2.78. The number of hydrogen-bond donors (Lipinski definition) is 1. The zero-order valence-corrected chi connectivity index (χ0v) is 12.9. The van der Waals surface area contributed by atoms with E-state index < -0.39 is 0 Å². The van der Waals surface area contributed by atoms with Crippen molar-refractivity contribution in [3.05, 3.63) is 29.3 Å². The zero-order chi connectivity index (χ0) is 14.7. The number of likely N-dealkylation sites (tertiary alicyclic amines) is 1. The van der Waals surface area contributed by atoms with E-state index in [1.54, 1.807) is 0 Å². The third-order valence-electron chi connectivity index (χ3n) is 4.09. The van der Waals surface area contributed by atoms with Crippen molar-refractivity contribution in [2.75, 3.05) is 39.5 Å². The lowest BCUT2D eigenvalue weighted by atomic mass is 10.0. The topological polar surface area (TPSA) is 35.6 Å². The Balaban J connectivity index is 2.20. The maximum absolute atomic E-state index is 12.8. The van der Waals surface area contributed by atoms with E-state index in [2.05, 4.69) is 24.3 Å². The monoisotopic (exact) mass is 275 g/mol. The van der Waals surface area contributed by atoms with Crippen molar-refractivity contribution in [2.45, 2.75) is 25.8 Å². The van der Waals surface area contributed by atoms with Crippen LogP contribution < -0.4 is 5.32 Å². The highest BCUT2D eigenvalue weighted by Crippen LogP contribution is 2.22. The first-order valence-corrected chi connectivity index (χ1v) is 7.27. The molecule has 4 heteroatoms. The Morgan fingerprint density at radius 1 is 1.40 bits per heavy atom. The van der Waals surface area contributed by atoms with Crippen molar-refractivity contribution in [2.24, 2.45) is 0 Å². The van der Waals surface area contributed by atoms with Gasteiger partial charge in [0.2, 0.25) is 0 Å². The van der Waals surface area contributed by atoms with E-state index >= 15 is 0 Å². The fourth-order valence-electron chi connectivity index (χ4n) is 2.78. The molecule has 20 heavy (non-hydrogen) atoms. The summed E-state index contributed by atoms with van der Waals surface area (Å²) in [5.41, 5.74) is 2.81. The molecule has 0 aliphatic carbocycles. The zero-order valence-electron chi connectivity index (χ0n) is 12.9. The molecule has 110 valence electrons. The summed E-state index contributed by atoms with van der Waals surface area (Å²) in [6.07, 6.45) is 2.25. The van der Waals surface area contributed by atoms with E-state index in [0.717, 1.165) is 36.3 Å². The number of hydrogen-bond acceptors (Lipinski definition) is 3. The Bertz CT molecular complexity index is 485. The van der Waals surface area contributed by atoms with E-state index in [9.17, 15) is 4.79 Å². The van der Waals surface area contributed by atoms with Gasteiger partial charge in [-0.05, 0) is 46.0 Å². The summed E-state index contributed by atoms with van der Waals surface area (Å²) in [5.74, 6) is 0.143. The SMILES string of the molecule is CNc1ccc(C)cc1C(=O)N1CCCC(N(C)C)C1. The normalized spacial score (nSPS) is 19.2. The van der Waals surface area contributed by atoms with Crippen LogP contribution >= 0.6 is 0 Å². The molecule has 0 spiro atoms. The first-order valence-electron chi connectivity index (χ1n) is 7.27. The number of piperidine rings is 1. The van der Waals surface area contributed by atoms with Crippen molar-refractivity contribution in [3.8, 4) is 0 Å². The van der Waals surface area contributed by atoms with Crippen molar-refractivity contribution < 1.29 is 4.79 Å². The number of nitrogens with one attached hydrogen (secondary N) is 1. The number of carbonyl (C=O) groups is 1. The van der Waals surface area contributed by atoms with Crippen LogP contribution in [0.15, 0.2) is 18.2 Å².